The second-order valence-corrected chi connectivity index (χ2v) is 7.20. The summed E-state index contributed by atoms with van der Waals surface area (Å²) in [5.74, 6) is 1.13. The number of esters is 1. The number of ether oxygens (including phenoxy) is 3. The third kappa shape index (κ3) is 4.20. The van der Waals surface area contributed by atoms with E-state index in [1.165, 1.54) is 0 Å². The zero-order valence-corrected chi connectivity index (χ0v) is 17.2. The van der Waals surface area contributed by atoms with E-state index in [1.54, 1.807) is 6.08 Å². The van der Waals surface area contributed by atoms with E-state index < -0.39 is 5.97 Å². The molecule has 152 valence electrons. The minimum absolute atomic E-state index is 0.0346. The number of carbonyl (C=O) groups is 1. The normalized spacial score (nSPS) is 14.9. The van der Waals surface area contributed by atoms with E-state index in [0.29, 0.717) is 24.0 Å². The van der Waals surface area contributed by atoms with Gasteiger partial charge < -0.3 is 14.2 Å². The topological polar surface area (TPSA) is 57.1 Å². The van der Waals surface area contributed by atoms with Crippen LogP contribution in [0.2, 0.25) is 0 Å². The Morgan fingerprint density at radius 3 is 2.57 bits per heavy atom. The summed E-state index contributed by atoms with van der Waals surface area (Å²) < 4.78 is 16.9. The van der Waals surface area contributed by atoms with Crippen LogP contribution in [0.3, 0.4) is 0 Å². The van der Waals surface area contributed by atoms with E-state index in [1.807, 2.05) is 81.4 Å². The number of rotatable bonds is 6. The standard InChI is InChI=1S/C25H23NO4/c1-4-28-23-14-17(9-12-22(23)29-16(2)3)13-21-25(27)30-24(26-21)20-11-10-18-7-5-6-8-19(18)15-20/h5-16H,4H2,1-3H3. The molecule has 5 heteroatoms. The summed E-state index contributed by atoms with van der Waals surface area (Å²) in [5, 5.41) is 2.18. The molecule has 0 bridgehead atoms. The van der Waals surface area contributed by atoms with E-state index in [4.69, 9.17) is 14.2 Å². The van der Waals surface area contributed by atoms with Gasteiger partial charge in [-0.05, 0) is 67.4 Å². The van der Waals surface area contributed by atoms with Crippen molar-refractivity contribution in [1.82, 2.24) is 0 Å². The van der Waals surface area contributed by atoms with E-state index in [2.05, 4.69) is 4.99 Å². The highest BCUT2D eigenvalue weighted by Crippen LogP contribution is 2.31. The molecule has 0 spiro atoms. The van der Waals surface area contributed by atoms with E-state index in [-0.39, 0.29) is 11.8 Å². The predicted molar refractivity (Wildman–Crippen MR) is 118 cm³/mol. The number of aliphatic imine (C=N–C) groups is 1. The van der Waals surface area contributed by atoms with Crippen LogP contribution in [0.25, 0.3) is 16.8 Å². The van der Waals surface area contributed by atoms with Gasteiger partial charge in [0.15, 0.2) is 17.2 Å². The molecular formula is C25H23NO4. The molecule has 0 amide bonds. The van der Waals surface area contributed by atoms with Crippen molar-refractivity contribution >= 4 is 28.7 Å². The van der Waals surface area contributed by atoms with Crippen molar-refractivity contribution in [2.75, 3.05) is 6.61 Å². The summed E-state index contributed by atoms with van der Waals surface area (Å²) in [6, 6.07) is 19.4. The number of carbonyl (C=O) groups excluding carboxylic acids is 1. The zero-order chi connectivity index (χ0) is 21.1. The Balaban J connectivity index is 1.65. The highest BCUT2D eigenvalue weighted by Gasteiger charge is 2.24. The monoisotopic (exact) mass is 401 g/mol. The number of hydrogen-bond donors (Lipinski definition) is 0. The van der Waals surface area contributed by atoms with Crippen LogP contribution in [0.1, 0.15) is 31.9 Å². The van der Waals surface area contributed by atoms with Crippen LogP contribution >= 0.6 is 0 Å². The van der Waals surface area contributed by atoms with Crippen LogP contribution in [0.4, 0.5) is 0 Å². The van der Waals surface area contributed by atoms with Gasteiger partial charge in [0.2, 0.25) is 5.90 Å². The molecule has 0 saturated heterocycles. The molecule has 1 aliphatic heterocycles. The maximum absolute atomic E-state index is 12.4. The molecule has 0 radical (unpaired) electrons. The summed E-state index contributed by atoms with van der Waals surface area (Å²) >= 11 is 0. The zero-order valence-electron chi connectivity index (χ0n) is 17.2. The maximum Gasteiger partial charge on any atom is 0.363 e. The lowest BCUT2D eigenvalue weighted by molar-refractivity contribution is -0.129. The van der Waals surface area contributed by atoms with Crippen LogP contribution in [0.5, 0.6) is 11.5 Å². The Hall–Kier alpha value is -3.60. The molecule has 0 fully saturated rings. The molecule has 0 aliphatic carbocycles. The van der Waals surface area contributed by atoms with Gasteiger partial charge in [-0.1, -0.05) is 36.4 Å². The van der Waals surface area contributed by atoms with E-state index in [9.17, 15) is 4.79 Å². The Morgan fingerprint density at radius 2 is 1.80 bits per heavy atom. The Labute approximate surface area is 175 Å². The Kier molecular flexibility index (Phi) is 5.53. The molecule has 4 rings (SSSR count). The number of cyclic esters (lactones) is 1. The lowest BCUT2D eigenvalue weighted by Gasteiger charge is -2.14. The molecule has 1 aliphatic rings. The van der Waals surface area contributed by atoms with Gasteiger partial charge >= 0.3 is 5.97 Å². The molecule has 5 nitrogen and oxygen atoms in total. The van der Waals surface area contributed by atoms with Gasteiger partial charge in [-0.25, -0.2) is 9.79 Å². The quantitative estimate of drug-likeness (QED) is 0.412. The van der Waals surface area contributed by atoms with Gasteiger partial charge in [-0.2, -0.15) is 0 Å². The van der Waals surface area contributed by atoms with Crippen molar-refractivity contribution in [3.8, 4) is 11.5 Å². The van der Waals surface area contributed by atoms with Gasteiger partial charge in [0.05, 0.1) is 12.7 Å². The largest absolute Gasteiger partial charge is 0.490 e. The summed E-state index contributed by atoms with van der Waals surface area (Å²) in [6.07, 6.45) is 1.73. The molecule has 0 unspecified atom stereocenters. The minimum atomic E-state index is -0.473. The SMILES string of the molecule is CCOc1cc(C=C2N=C(c3ccc4ccccc4c3)OC2=O)ccc1OC(C)C. The van der Waals surface area contributed by atoms with E-state index in [0.717, 1.165) is 21.9 Å². The molecule has 3 aromatic rings. The second-order valence-electron chi connectivity index (χ2n) is 7.20. The predicted octanol–water partition coefficient (Wildman–Crippen LogP) is 5.37. The third-order valence-corrected chi connectivity index (χ3v) is 4.55. The lowest BCUT2D eigenvalue weighted by atomic mass is 10.1. The molecule has 0 N–H and O–H groups in total. The number of hydrogen-bond acceptors (Lipinski definition) is 5. The molecule has 30 heavy (non-hydrogen) atoms. The summed E-state index contributed by atoms with van der Waals surface area (Å²) in [7, 11) is 0. The minimum Gasteiger partial charge on any atom is -0.490 e. The second kappa shape index (κ2) is 8.41. The van der Waals surface area contributed by atoms with Crippen LogP contribution in [0.15, 0.2) is 71.4 Å². The average Bonchev–Trinajstić information content (AvgIpc) is 3.10. The molecule has 3 aromatic carbocycles. The Bertz CT molecular complexity index is 1160. The molecule has 1 heterocycles. The van der Waals surface area contributed by atoms with Gasteiger partial charge in [0, 0.05) is 5.56 Å². The van der Waals surface area contributed by atoms with Gasteiger partial charge in [0.25, 0.3) is 0 Å². The van der Waals surface area contributed by atoms with Crippen molar-refractivity contribution in [3.05, 3.63) is 77.5 Å². The van der Waals surface area contributed by atoms with Crippen molar-refractivity contribution in [1.29, 1.82) is 0 Å². The molecule has 0 aromatic heterocycles. The number of benzene rings is 3. The summed E-state index contributed by atoms with van der Waals surface area (Å²) in [6.45, 7) is 6.35. The van der Waals surface area contributed by atoms with E-state index >= 15 is 0 Å². The fraction of sp³-hybridized carbons (Fsp3) is 0.200. The first kappa shape index (κ1) is 19.7. The highest BCUT2D eigenvalue weighted by molar-refractivity contribution is 6.13. The van der Waals surface area contributed by atoms with Crippen molar-refractivity contribution in [2.45, 2.75) is 26.9 Å². The first-order valence-electron chi connectivity index (χ1n) is 9.98. The van der Waals surface area contributed by atoms with Crippen molar-refractivity contribution < 1.29 is 19.0 Å². The molecule has 0 atom stereocenters. The number of nitrogens with zero attached hydrogens (tertiary/aromatic N) is 1. The van der Waals surface area contributed by atoms with Crippen LogP contribution < -0.4 is 9.47 Å². The van der Waals surface area contributed by atoms with Crippen molar-refractivity contribution in [3.63, 3.8) is 0 Å². The lowest BCUT2D eigenvalue weighted by Crippen LogP contribution is -2.07. The Morgan fingerprint density at radius 1 is 1.00 bits per heavy atom. The van der Waals surface area contributed by atoms with Gasteiger partial charge in [0.1, 0.15) is 0 Å². The molecule has 0 saturated carbocycles. The van der Waals surface area contributed by atoms with Gasteiger partial charge in [-0.3, -0.25) is 0 Å². The van der Waals surface area contributed by atoms with Crippen LogP contribution in [0, 0.1) is 0 Å². The van der Waals surface area contributed by atoms with Crippen molar-refractivity contribution in [2.24, 2.45) is 4.99 Å². The third-order valence-electron chi connectivity index (χ3n) is 4.55. The fourth-order valence-electron chi connectivity index (χ4n) is 3.25. The van der Waals surface area contributed by atoms with Gasteiger partial charge in [-0.15, -0.1) is 0 Å². The smallest absolute Gasteiger partial charge is 0.363 e. The van der Waals surface area contributed by atoms with Crippen LogP contribution in [-0.4, -0.2) is 24.6 Å². The maximum atomic E-state index is 12.4. The first-order chi connectivity index (χ1) is 14.5. The molecular weight excluding hydrogens is 378 g/mol. The summed E-state index contributed by atoms with van der Waals surface area (Å²) in [5.41, 5.74) is 1.80. The fourth-order valence-corrected chi connectivity index (χ4v) is 3.25. The number of fused-ring (bicyclic) bond motifs is 1. The summed E-state index contributed by atoms with van der Waals surface area (Å²) in [4.78, 5) is 16.8. The average molecular weight is 401 g/mol. The highest BCUT2D eigenvalue weighted by atomic mass is 16.6. The first-order valence-corrected chi connectivity index (χ1v) is 9.98. The van der Waals surface area contributed by atoms with Crippen LogP contribution in [-0.2, 0) is 9.53 Å².